The van der Waals surface area contributed by atoms with Crippen LogP contribution in [0.3, 0.4) is 0 Å². The third kappa shape index (κ3) is 6.14. The minimum Gasteiger partial charge on any atom is -0.494 e. The Kier molecular flexibility index (Phi) is 7.33. The van der Waals surface area contributed by atoms with Crippen molar-refractivity contribution in [2.75, 3.05) is 11.9 Å². The lowest BCUT2D eigenvalue weighted by atomic mass is 10.2. The van der Waals surface area contributed by atoms with Gasteiger partial charge in [0.1, 0.15) is 11.5 Å². The Bertz CT molecular complexity index is 684. The molecule has 1 N–H and O–H groups in total. The number of carbonyl (C=O) groups is 1. The van der Waals surface area contributed by atoms with Gasteiger partial charge in [0.25, 0.3) is 5.91 Å². The number of benzene rings is 2. The van der Waals surface area contributed by atoms with Crippen LogP contribution in [0.15, 0.2) is 48.5 Å². The molecular weight excluding hydrogens is 314 g/mol. The van der Waals surface area contributed by atoms with Crippen molar-refractivity contribution in [3.63, 3.8) is 0 Å². The van der Waals surface area contributed by atoms with Gasteiger partial charge in [-0.3, -0.25) is 4.79 Å². The van der Waals surface area contributed by atoms with Crippen LogP contribution in [0.4, 0.5) is 5.69 Å². The fraction of sp³-hybridized carbons (Fsp3) is 0.381. The molecule has 4 nitrogen and oxygen atoms in total. The van der Waals surface area contributed by atoms with Gasteiger partial charge < -0.3 is 14.8 Å². The van der Waals surface area contributed by atoms with E-state index in [1.54, 1.807) is 12.1 Å². The van der Waals surface area contributed by atoms with Gasteiger partial charge in [0.05, 0.1) is 12.7 Å². The zero-order valence-corrected chi connectivity index (χ0v) is 15.2. The molecule has 1 unspecified atom stereocenters. The molecule has 0 heterocycles. The van der Waals surface area contributed by atoms with Crippen LogP contribution in [0.5, 0.6) is 11.5 Å². The molecule has 4 heteroatoms. The van der Waals surface area contributed by atoms with Crippen molar-refractivity contribution >= 4 is 11.6 Å². The van der Waals surface area contributed by atoms with E-state index >= 15 is 0 Å². The summed E-state index contributed by atoms with van der Waals surface area (Å²) in [5.41, 5.74) is 1.28. The second-order valence-electron chi connectivity index (χ2n) is 6.05. The zero-order chi connectivity index (χ0) is 18.1. The number of rotatable bonds is 9. The van der Waals surface area contributed by atoms with E-state index in [2.05, 4.69) is 19.2 Å². The van der Waals surface area contributed by atoms with Gasteiger partial charge in [-0.2, -0.15) is 0 Å². The van der Waals surface area contributed by atoms with Gasteiger partial charge in [0, 0.05) is 17.3 Å². The van der Waals surface area contributed by atoms with E-state index in [0.717, 1.165) is 30.8 Å². The van der Waals surface area contributed by atoms with Crippen molar-refractivity contribution in [1.82, 2.24) is 0 Å². The summed E-state index contributed by atoms with van der Waals surface area (Å²) < 4.78 is 11.5. The van der Waals surface area contributed by atoms with Crippen LogP contribution in [0.2, 0.25) is 0 Å². The Morgan fingerprint density at radius 2 is 1.84 bits per heavy atom. The Morgan fingerprint density at radius 1 is 1.08 bits per heavy atom. The number of hydrogen-bond donors (Lipinski definition) is 1. The van der Waals surface area contributed by atoms with Crippen molar-refractivity contribution in [3.8, 4) is 11.5 Å². The summed E-state index contributed by atoms with van der Waals surface area (Å²) in [5, 5.41) is 2.91. The van der Waals surface area contributed by atoms with E-state index in [4.69, 9.17) is 9.47 Å². The lowest BCUT2D eigenvalue weighted by Crippen LogP contribution is -2.13. The van der Waals surface area contributed by atoms with Gasteiger partial charge in [-0.05, 0) is 50.1 Å². The summed E-state index contributed by atoms with van der Waals surface area (Å²) in [7, 11) is 0. The number of ether oxygens (including phenoxy) is 2. The molecule has 0 aliphatic heterocycles. The van der Waals surface area contributed by atoms with E-state index in [1.165, 1.54) is 0 Å². The first-order valence-electron chi connectivity index (χ1n) is 8.93. The summed E-state index contributed by atoms with van der Waals surface area (Å²) >= 11 is 0. The van der Waals surface area contributed by atoms with Crippen LogP contribution >= 0.6 is 0 Å². The second-order valence-corrected chi connectivity index (χ2v) is 6.05. The highest BCUT2D eigenvalue weighted by Crippen LogP contribution is 2.21. The molecule has 0 spiro atoms. The molecule has 0 aliphatic carbocycles. The Balaban J connectivity index is 2.02. The standard InChI is InChI=1S/C21H27NO3/c1-4-6-13-24-19-11-7-9-17(14-19)21(23)22-18-10-8-12-20(15-18)25-16(3)5-2/h7-12,14-16H,4-6,13H2,1-3H3,(H,22,23). The third-order valence-electron chi connectivity index (χ3n) is 3.87. The lowest BCUT2D eigenvalue weighted by molar-refractivity contribution is 0.102. The number of nitrogens with one attached hydrogen (secondary N) is 1. The smallest absolute Gasteiger partial charge is 0.255 e. The largest absolute Gasteiger partial charge is 0.494 e. The molecule has 2 aromatic carbocycles. The molecule has 25 heavy (non-hydrogen) atoms. The molecule has 1 atom stereocenters. The van der Waals surface area contributed by atoms with Gasteiger partial charge in [-0.15, -0.1) is 0 Å². The quantitative estimate of drug-likeness (QED) is 0.630. The van der Waals surface area contributed by atoms with Gasteiger partial charge >= 0.3 is 0 Å². The summed E-state index contributed by atoms with van der Waals surface area (Å²) in [4.78, 5) is 12.5. The maximum atomic E-state index is 12.5. The molecule has 0 radical (unpaired) electrons. The number of hydrogen-bond acceptors (Lipinski definition) is 3. The topological polar surface area (TPSA) is 47.6 Å². The Hall–Kier alpha value is -2.49. The van der Waals surface area contributed by atoms with E-state index < -0.39 is 0 Å². The summed E-state index contributed by atoms with van der Waals surface area (Å²) in [5.74, 6) is 1.31. The molecule has 2 aromatic rings. The monoisotopic (exact) mass is 341 g/mol. The first-order valence-corrected chi connectivity index (χ1v) is 8.93. The summed E-state index contributed by atoms with van der Waals surface area (Å²) in [6.45, 7) is 6.88. The maximum Gasteiger partial charge on any atom is 0.255 e. The predicted molar refractivity (Wildman–Crippen MR) is 102 cm³/mol. The highest BCUT2D eigenvalue weighted by Gasteiger charge is 2.09. The molecule has 1 amide bonds. The fourth-order valence-corrected chi connectivity index (χ4v) is 2.23. The molecule has 0 saturated carbocycles. The first-order chi connectivity index (χ1) is 12.1. The molecular formula is C21H27NO3. The van der Waals surface area contributed by atoms with Crippen LogP contribution in [-0.2, 0) is 0 Å². The van der Waals surface area contributed by atoms with Crippen molar-refractivity contribution in [3.05, 3.63) is 54.1 Å². The number of carbonyl (C=O) groups excluding carboxylic acids is 1. The van der Waals surface area contributed by atoms with E-state index in [-0.39, 0.29) is 12.0 Å². The molecule has 2 rings (SSSR count). The average Bonchev–Trinajstić information content (AvgIpc) is 2.62. The van der Waals surface area contributed by atoms with E-state index in [1.807, 2.05) is 43.3 Å². The third-order valence-corrected chi connectivity index (χ3v) is 3.87. The minimum absolute atomic E-state index is 0.142. The van der Waals surface area contributed by atoms with Crippen LogP contribution < -0.4 is 14.8 Å². The normalized spacial score (nSPS) is 11.6. The van der Waals surface area contributed by atoms with Crippen molar-refractivity contribution in [2.45, 2.75) is 46.1 Å². The Morgan fingerprint density at radius 3 is 2.60 bits per heavy atom. The van der Waals surface area contributed by atoms with Gasteiger partial charge in [-0.25, -0.2) is 0 Å². The second kappa shape index (κ2) is 9.72. The highest BCUT2D eigenvalue weighted by molar-refractivity contribution is 6.04. The molecule has 134 valence electrons. The zero-order valence-electron chi connectivity index (χ0n) is 15.2. The highest BCUT2D eigenvalue weighted by atomic mass is 16.5. The van der Waals surface area contributed by atoms with Crippen LogP contribution in [0.1, 0.15) is 50.4 Å². The molecule has 0 aromatic heterocycles. The maximum absolute atomic E-state index is 12.5. The first kappa shape index (κ1) is 18.8. The number of anilines is 1. The molecule has 0 aliphatic rings. The van der Waals surface area contributed by atoms with Gasteiger partial charge in [-0.1, -0.05) is 32.4 Å². The van der Waals surface area contributed by atoms with Crippen LogP contribution in [0, 0.1) is 0 Å². The van der Waals surface area contributed by atoms with Crippen LogP contribution in [0.25, 0.3) is 0 Å². The summed E-state index contributed by atoms with van der Waals surface area (Å²) in [6, 6.07) is 14.7. The minimum atomic E-state index is -0.165. The lowest BCUT2D eigenvalue weighted by Gasteiger charge is -2.14. The van der Waals surface area contributed by atoms with Gasteiger partial charge in [0.2, 0.25) is 0 Å². The van der Waals surface area contributed by atoms with E-state index in [0.29, 0.717) is 17.9 Å². The number of unbranched alkanes of at least 4 members (excludes halogenated alkanes) is 1. The molecule has 0 fully saturated rings. The molecule has 0 saturated heterocycles. The Labute approximate surface area is 150 Å². The number of amides is 1. The summed E-state index contributed by atoms with van der Waals surface area (Å²) in [6.07, 6.45) is 3.15. The van der Waals surface area contributed by atoms with Crippen LogP contribution in [-0.4, -0.2) is 18.6 Å². The van der Waals surface area contributed by atoms with Crippen molar-refractivity contribution in [2.24, 2.45) is 0 Å². The fourth-order valence-electron chi connectivity index (χ4n) is 2.23. The SMILES string of the molecule is CCCCOc1cccc(C(=O)Nc2cccc(OC(C)CC)c2)c1. The predicted octanol–water partition coefficient (Wildman–Crippen LogP) is 5.30. The average molecular weight is 341 g/mol. The van der Waals surface area contributed by atoms with Crippen molar-refractivity contribution in [1.29, 1.82) is 0 Å². The van der Waals surface area contributed by atoms with Crippen molar-refractivity contribution < 1.29 is 14.3 Å². The van der Waals surface area contributed by atoms with Gasteiger partial charge in [0.15, 0.2) is 0 Å². The molecule has 0 bridgehead atoms. The van der Waals surface area contributed by atoms with E-state index in [9.17, 15) is 4.79 Å².